The van der Waals surface area contributed by atoms with E-state index in [9.17, 15) is 4.79 Å². The standard InChI is InChI=1S/C12H16N4OS/c1-8-15-10(7-18-8)3-4-14-12(17)11-5-9(13)6-16(11)2/h5-7H,3-4,13H2,1-2H3,(H,14,17). The number of nitrogen functional groups attached to an aromatic ring is 1. The minimum Gasteiger partial charge on any atom is -0.397 e. The van der Waals surface area contributed by atoms with Gasteiger partial charge in [-0.1, -0.05) is 0 Å². The molecule has 0 aliphatic rings. The second-order valence-electron chi connectivity index (χ2n) is 4.13. The van der Waals surface area contributed by atoms with Crippen LogP contribution in [0.5, 0.6) is 0 Å². The summed E-state index contributed by atoms with van der Waals surface area (Å²) in [5, 5.41) is 5.92. The summed E-state index contributed by atoms with van der Waals surface area (Å²) >= 11 is 1.62. The van der Waals surface area contributed by atoms with E-state index in [-0.39, 0.29) is 5.91 Å². The molecule has 0 bridgehead atoms. The van der Waals surface area contributed by atoms with Gasteiger partial charge in [-0.05, 0) is 13.0 Å². The van der Waals surface area contributed by atoms with Crippen molar-refractivity contribution in [3.05, 3.63) is 34.0 Å². The molecule has 0 aromatic carbocycles. The lowest BCUT2D eigenvalue weighted by molar-refractivity contribution is 0.0946. The van der Waals surface area contributed by atoms with Crippen LogP contribution in [0.2, 0.25) is 0 Å². The van der Waals surface area contributed by atoms with Gasteiger partial charge >= 0.3 is 0 Å². The lowest BCUT2D eigenvalue weighted by atomic mass is 10.3. The Morgan fingerprint density at radius 2 is 2.39 bits per heavy atom. The molecular weight excluding hydrogens is 248 g/mol. The Balaban J connectivity index is 1.87. The van der Waals surface area contributed by atoms with Gasteiger partial charge in [0.25, 0.3) is 5.91 Å². The second-order valence-corrected chi connectivity index (χ2v) is 5.20. The molecule has 1 amide bonds. The van der Waals surface area contributed by atoms with Crippen LogP contribution in [0.15, 0.2) is 17.6 Å². The number of rotatable bonds is 4. The van der Waals surface area contributed by atoms with Crippen molar-refractivity contribution in [1.82, 2.24) is 14.9 Å². The Kier molecular flexibility index (Phi) is 3.66. The molecule has 6 heteroatoms. The lowest BCUT2D eigenvalue weighted by Gasteiger charge is -2.04. The second kappa shape index (κ2) is 5.22. The van der Waals surface area contributed by atoms with Crippen LogP contribution >= 0.6 is 11.3 Å². The number of hydrogen-bond acceptors (Lipinski definition) is 4. The molecule has 0 saturated carbocycles. The Morgan fingerprint density at radius 3 is 2.94 bits per heavy atom. The molecule has 0 spiro atoms. The van der Waals surface area contributed by atoms with Crippen molar-refractivity contribution in [1.29, 1.82) is 0 Å². The maximum absolute atomic E-state index is 11.9. The van der Waals surface area contributed by atoms with Crippen molar-refractivity contribution in [2.75, 3.05) is 12.3 Å². The summed E-state index contributed by atoms with van der Waals surface area (Å²) < 4.78 is 1.72. The zero-order chi connectivity index (χ0) is 13.1. The van der Waals surface area contributed by atoms with Gasteiger partial charge in [-0.25, -0.2) is 4.98 Å². The summed E-state index contributed by atoms with van der Waals surface area (Å²) in [6, 6.07) is 1.67. The number of nitrogens with two attached hydrogens (primary N) is 1. The monoisotopic (exact) mass is 264 g/mol. The zero-order valence-corrected chi connectivity index (χ0v) is 11.3. The van der Waals surface area contributed by atoms with E-state index in [0.29, 0.717) is 17.9 Å². The van der Waals surface area contributed by atoms with Crippen LogP contribution in [0.3, 0.4) is 0 Å². The van der Waals surface area contributed by atoms with Gasteiger partial charge in [0.1, 0.15) is 5.69 Å². The first-order chi connectivity index (χ1) is 8.56. The van der Waals surface area contributed by atoms with E-state index in [1.807, 2.05) is 12.3 Å². The van der Waals surface area contributed by atoms with Crippen LogP contribution in [0.25, 0.3) is 0 Å². The summed E-state index contributed by atoms with van der Waals surface area (Å²) in [6.45, 7) is 2.55. The highest BCUT2D eigenvalue weighted by Crippen LogP contribution is 2.09. The maximum atomic E-state index is 11.9. The molecule has 96 valence electrons. The molecule has 0 aliphatic heterocycles. The fourth-order valence-corrected chi connectivity index (χ4v) is 2.38. The van der Waals surface area contributed by atoms with Crippen molar-refractivity contribution in [3.63, 3.8) is 0 Å². The number of thiazole rings is 1. The zero-order valence-electron chi connectivity index (χ0n) is 10.4. The fourth-order valence-electron chi connectivity index (χ4n) is 1.73. The van der Waals surface area contributed by atoms with Crippen molar-refractivity contribution >= 4 is 22.9 Å². The number of nitrogens with one attached hydrogen (secondary N) is 1. The number of carbonyl (C=O) groups excluding carboxylic acids is 1. The largest absolute Gasteiger partial charge is 0.397 e. The molecule has 2 aromatic rings. The number of aryl methyl sites for hydroxylation is 2. The predicted molar refractivity (Wildman–Crippen MR) is 72.7 cm³/mol. The highest BCUT2D eigenvalue weighted by Gasteiger charge is 2.10. The normalized spacial score (nSPS) is 10.6. The molecule has 5 nitrogen and oxygen atoms in total. The van der Waals surface area contributed by atoms with Crippen molar-refractivity contribution < 1.29 is 4.79 Å². The molecule has 0 radical (unpaired) electrons. The molecule has 2 aromatic heterocycles. The van der Waals surface area contributed by atoms with Gasteiger partial charge in [0.05, 0.1) is 16.4 Å². The first-order valence-corrected chi connectivity index (χ1v) is 6.55. The van der Waals surface area contributed by atoms with Crippen LogP contribution in [0.4, 0.5) is 5.69 Å². The SMILES string of the molecule is Cc1nc(CCNC(=O)c2cc(N)cn2C)cs1. The van der Waals surface area contributed by atoms with Crippen LogP contribution in [0.1, 0.15) is 21.2 Å². The Morgan fingerprint density at radius 1 is 1.61 bits per heavy atom. The summed E-state index contributed by atoms with van der Waals surface area (Å²) in [6.07, 6.45) is 2.47. The van der Waals surface area contributed by atoms with E-state index in [4.69, 9.17) is 5.73 Å². The minimum atomic E-state index is -0.110. The van der Waals surface area contributed by atoms with E-state index in [2.05, 4.69) is 10.3 Å². The molecule has 0 atom stereocenters. The minimum absolute atomic E-state index is 0.110. The van der Waals surface area contributed by atoms with Crippen molar-refractivity contribution in [2.24, 2.45) is 7.05 Å². The molecule has 3 N–H and O–H groups in total. The van der Waals surface area contributed by atoms with Gasteiger partial charge < -0.3 is 15.6 Å². The quantitative estimate of drug-likeness (QED) is 0.875. The average molecular weight is 264 g/mol. The Bertz CT molecular complexity index is 558. The van der Waals surface area contributed by atoms with Gasteiger partial charge in [-0.15, -0.1) is 11.3 Å². The predicted octanol–water partition coefficient (Wildman–Crippen LogP) is 1.34. The molecule has 0 aliphatic carbocycles. The average Bonchev–Trinajstić information content (AvgIpc) is 2.85. The van der Waals surface area contributed by atoms with Crippen molar-refractivity contribution in [2.45, 2.75) is 13.3 Å². The topological polar surface area (TPSA) is 72.9 Å². The van der Waals surface area contributed by atoms with Gasteiger partial charge in [-0.2, -0.15) is 0 Å². The van der Waals surface area contributed by atoms with Crippen LogP contribution in [-0.2, 0) is 13.5 Å². The highest BCUT2D eigenvalue weighted by molar-refractivity contribution is 7.09. The van der Waals surface area contributed by atoms with E-state index in [0.717, 1.165) is 17.1 Å². The third-order valence-corrected chi connectivity index (χ3v) is 3.41. The third kappa shape index (κ3) is 2.89. The van der Waals surface area contributed by atoms with E-state index >= 15 is 0 Å². The summed E-state index contributed by atoms with van der Waals surface area (Å²) in [4.78, 5) is 16.2. The van der Waals surface area contributed by atoms with E-state index in [1.54, 1.807) is 35.2 Å². The first-order valence-electron chi connectivity index (χ1n) is 5.67. The third-order valence-electron chi connectivity index (χ3n) is 2.59. The summed E-state index contributed by atoms with van der Waals surface area (Å²) in [7, 11) is 1.80. The number of nitrogens with zero attached hydrogens (tertiary/aromatic N) is 2. The molecule has 2 heterocycles. The number of carbonyl (C=O) groups is 1. The Labute approximate surface area is 110 Å². The number of anilines is 1. The summed E-state index contributed by atoms with van der Waals surface area (Å²) in [5.41, 5.74) is 7.81. The fraction of sp³-hybridized carbons (Fsp3) is 0.333. The van der Waals surface area contributed by atoms with Gasteiger partial charge in [-0.3, -0.25) is 4.79 Å². The van der Waals surface area contributed by atoms with Gasteiger partial charge in [0.2, 0.25) is 0 Å². The highest BCUT2D eigenvalue weighted by atomic mass is 32.1. The van der Waals surface area contributed by atoms with Crippen molar-refractivity contribution in [3.8, 4) is 0 Å². The Hall–Kier alpha value is -1.82. The van der Waals surface area contributed by atoms with Gasteiger partial charge in [0.15, 0.2) is 0 Å². The van der Waals surface area contributed by atoms with E-state index in [1.165, 1.54) is 0 Å². The van der Waals surface area contributed by atoms with Crippen LogP contribution in [-0.4, -0.2) is 22.0 Å². The number of amides is 1. The van der Waals surface area contributed by atoms with Gasteiger partial charge in [0, 0.05) is 31.6 Å². The molecule has 18 heavy (non-hydrogen) atoms. The lowest BCUT2D eigenvalue weighted by Crippen LogP contribution is -2.27. The number of hydrogen-bond donors (Lipinski definition) is 2. The maximum Gasteiger partial charge on any atom is 0.267 e. The first kappa shape index (κ1) is 12.6. The molecule has 0 fully saturated rings. The van der Waals surface area contributed by atoms with Crippen LogP contribution < -0.4 is 11.1 Å². The summed E-state index contributed by atoms with van der Waals surface area (Å²) in [5.74, 6) is -0.110. The molecule has 2 rings (SSSR count). The molecule has 0 unspecified atom stereocenters. The van der Waals surface area contributed by atoms with E-state index < -0.39 is 0 Å². The smallest absolute Gasteiger partial charge is 0.267 e. The molecule has 0 saturated heterocycles. The number of aromatic nitrogens is 2. The van der Waals surface area contributed by atoms with Crippen LogP contribution in [0, 0.1) is 6.92 Å². The molecular formula is C12H16N4OS.